The zero-order chi connectivity index (χ0) is 20.0. The number of nitrogens with zero attached hydrogens (tertiary/aromatic N) is 6. The highest BCUT2D eigenvalue weighted by Gasteiger charge is 2.50. The van der Waals surface area contributed by atoms with E-state index in [0.717, 1.165) is 64.6 Å². The maximum absolute atomic E-state index is 13.0. The van der Waals surface area contributed by atoms with E-state index in [1.54, 1.807) is 0 Å². The molecule has 154 valence electrons. The fraction of sp³-hybridized carbons (Fsp3) is 0.650. The Balaban J connectivity index is 1.41. The van der Waals surface area contributed by atoms with Gasteiger partial charge in [0.25, 0.3) is 5.91 Å². The Labute approximate surface area is 169 Å². The van der Waals surface area contributed by atoms with Gasteiger partial charge in [0.05, 0.1) is 5.54 Å². The highest BCUT2D eigenvalue weighted by molar-refractivity contribution is 5.96. The Morgan fingerprint density at radius 3 is 2.76 bits per heavy atom. The molecule has 1 amide bonds. The van der Waals surface area contributed by atoms with Crippen molar-refractivity contribution in [3.8, 4) is 0 Å². The van der Waals surface area contributed by atoms with Crippen molar-refractivity contribution >= 4 is 29.2 Å². The topological polar surface area (TPSA) is 96.2 Å². The molecule has 1 N–H and O–H groups in total. The lowest BCUT2D eigenvalue weighted by molar-refractivity contribution is -0.113. The largest absolute Gasteiger partial charge is 0.364 e. The number of amides is 1. The van der Waals surface area contributed by atoms with Crippen LogP contribution in [0.3, 0.4) is 0 Å². The average molecular weight is 397 g/mol. The molecule has 1 saturated carbocycles. The maximum atomic E-state index is 13.0. The Morgan fingerprint density at radius 1 is 1.28 bits per heavy atom. The lowest BCUT2D eigenvalue weighted by Crippen LogP contribution is -2.38. The van der Waals surface area contributed by atoms with E-state index in [1.165, 1.54) is 6.33 Å². The smallest absolute Gasteiger partial charge is 0.289 e. The number of aromatic nitrogens is 4. The van der Waals surface area contributed by atoms with E-state index in [-0.39, 0.29) is 17.5 Å². The van der Waals surface area contributed by atoms with E-state index in [1.807, 2.05) is 16.4 Å². The molecule has 9 nitrogen and oxygen atoms in total. The number of aryl methyl sites for hydroxylation is 1. The number of anilines is 1. The number of aldehydes is 1. The van der Waals surface area contributed by atoms with Crippen molar-refractivity contribution < 1.29 is 9.59 Å². The third kappa shape index (κ3) is 3.08. The minimum atomic E-state index is -0.226. The second kappa shape index (κ2) is 7.05. The summed E-state index contributed by atoms with van der Waals surface area (Å²) >= 11 is 0. The van der Waals surface area contributed by atoms with Crippen LogP contribution in [0, 0.1) is 0 Å². The summed E-state index contributed by atoms with van der Waals surface area (Å²) in [6.07, 6.45) is 7.61. The first kappa shape index (κ1) is 18.5. The van der Waals surface area contributed by atoms with Crippen LogP contribution in [-0.4, -0.2) is 79.3 Å². The number of hydrogen-bond donors (Lipinski definition) is 1. The zero-order valence-corrected chi connectivity index (χ0v) is 16.8. The molecule has 0 aromatic carbocycles. The minimum Gasteiger partial charge on any atom is -0.364 e. The summed E-state index contributed by atoms with van der Waals surface area (Å²) in [5.41, 5.74) is 1.11. The van der Waals surface area contributed by atoms with E-state index in [9.17, 15) is 9.59 Å². The molecule has 0 spiro atoms. The highest BCUT2D eigenvalue weighted by atomic mass is 16.2. The van der Waals surface area contributed by atoms with Crippen molar-refractivity contribution in [2.75, 3.05) is 31.5 Å². The molecule has 2 aromatic heterocycles. The molecule has 4 heterocycles. The van der Waals surface area contributed by atoms with Gasteiger partial charge in [0.15, 0.2) is 17.0 Å². The third-order valence-corrected chi connectivity index (χ3v) is 6.57. The molecule has 2 aromatic rings. The number of likely N-dealkylation sites (tertiary alicyclic amines) is 2. The van der Waals surface area contributed by atoms with E-state index >= 15 is 0 Å². The lowest BCUT2D eigenvalue weighted by atomic mass is 10.2. The van der Waals surface area contributed by atoms with Crippen LogP contribution in [0.2, 0.25) is 0 Å². The number of carbonyl (C=O) groups excluding carboxylic acids is 2. The van der Waals surface area contributed by atoms with Crippen molar-refractivity contribution in [3.63, 3.8) is 0 Å². The second-order valence-corrected chi connectivity index (χ2v) is 8.37. The first-order chi connectivity index (χ1) is 14.1. The number of nitrogens with one attached hydrogen (secondary N) is 1. The SMILES string of the molecule is CCn1c(C(=O)N2CCCC2)nc2c(NC3CCN(C4(C=O)CC4)C3)ncnc21. The fourth-order valence-corrected chi connectivity index (χ4v) is 4.68. The standard InChI is InChI=1S/C20H27N7O2/c1-2-27-17-15(24-18(27)19(29)25-8-3-4-9-25)16(21-13-22-17)23-14-5-10-26(11-14)20(12-28)6-7-20/h12-14H,2-11H2,1H3,(H,21,22,23). The molecule has 9 heteroatoms. The van der Waals surface area contributed by atoms with Crippen LogP contribution < -0.4 is 5.32 Å². The lowest BCUT2D eigenvalue weighted by Gasteiger charge is -2.22. The molecule has 1 unspecified atom stereocenters. The first-order valence-electron chi connectivity index (χ1n) is 10.6. The Morgan fingerprint density at radius 2 is 2.07 bits per heavy atom. The summed E-state index contributed by atoms with van der Waals surface area (Å²) in [6, 6.07) is 0.204. The van der Waals surface area contributed by atoms with Crippen LogP contribution in [0.15, 0.2) is 6.33 Å². The van der Waals surface area contributed by atoms with Gasteiger partial charge in [-0.1, -0.05) is 0 Å². The Kier molecular flexibility index (Phi) is 4.49. The molecule has 3 fully saturated rings. The number of fused-ring (bicyclic) bond motifs is 1. The van der Waals surface area contributed by atoms with Gasteiger partial charge in [0.2, 0.25) is 5.82 Å². The van der Waals surface area contributed by atoms with Gasteiger partial charge < -0.3 is 19.6 Å². The Bertz CT molecular complexity index is 946. The molecule has 3 aliphatic rings. The number of imidazole rings is 1. The molecule has 0 radical (unpaired) electrons. The summed E-state index contributed by atoms with van der Waals surface area (Å²) in [4.78, 5) is 42.1. The molecular formula is C20H27N7O2. The van der Waals surface area contributed by atoms with Crippen molar-refractivity contribution in [1.29, 1.82) is 0 Å². The van der Waals surface area contributed by atoms with Crippen molar-refractivity contribution in [2.45, 2.75) is 57.2 Å². The van der Waals surface area contributed by atoms with Crippen LogP contribution in [-0.2, 0) is 11.3 Å². The molecule has 1 atom stereocenters. The van der Waals surface area contributed by atoms with Crippen molar-refractivity contribution in [1.82, 2.24) is 29.3 Å². The molecule has 0 bridgehead atoms. The minimum absolute atomic E-state index is 0.0259. The van der Waals surface area contributed by atoms with Gasteiger partial charge in [-0.25, -0.2) is 15.0 Å². The molecular weight excluding hydrogens is 370 g/mol. The van der Waals surface area contributed by atoms with E-state index < -0.39 is 0 Å². The van der Waals surface area contributed by atoms with Gasteiger partial charge in [-0.2, -0.15) is 0 Å². The molecule has 2 aliphatic heterocycles. The summed E-state index contributed by atoms with van der Waals surface area (Å²) in [5, 5.41) is 3.50. The average Bonchev–Trinajstić information content (AvgIpc) is 3.13. The summed E-state index contributed by atoms with van der Waals surface area (Å²) in [7, 11) is 0. The first-order valence-corrected chi connectivity index (χ1v) is 10.6. The summed E-state index contributed by atoms with van der Waals surface area (Å²) < 4.78 is 1.88. The maximum Gasteiger partial charge on any atom is 0.289 e. The van der Waals surface area contributed by atoms with E-state index in [2.05, 4.69) is 25.2 Å². The normalized spacial score (nSPS) is 23.6. The number of hydrogen-bond acceptors (Lipinski definition) is 7. The van der Waals surface area contributed by atoms with Gasteiger partial charge in [-0.15, -0.1) is 0 Å². The van der Waals surface area contributed by atoms with Crippen LogP contribution >= 0.6 is 0 Å². The third-order valence-electron chi connectivity index (χ3n) is 6.57. The summed E-state index contributed by atoms with van der Waals surface area (Å²) in [5.74, 6) is 1.08. The number of carbonyl (C=O) groups is 2. The fourth-order valence-electron chi connectivity index (χ4n) is 4.68. The van der Waals surface area contributed by atoms with Crippen LogP contribution in [0.25, 0.3) is 11.2 Å². The predicted octanol–water partition coefficient (Wildman–Crippen LogP) is 1.30. The van der Waals surface area contributed by atoms with Gasteiger partial charge >= 0.3 is 0 Å². The quantitative estimate of drug-likeness (QED) is 0.734. The van der Waals surface area contributed by atoms with E-state index in [0.29, 0.717) is 29.4 Å². The molecule has 1 aliphatic carbocycles. The van der Waals surface area contributed by atoms with Crippen LogP contribution in [0.1, 0.15) is 49.6 Å². The van der Waals surface area contributed by atoms with Gasteiger partial charge in [0.1, 0.15) is 12.6 Å². The molecule has 29 heavy (non-hydrogen) atoms. The second-order valence-electron chi connectivity index (χ2n) is 8.37. The molecule has 5 rings (SSSR count). The van der Waals surface area contributed by atoms with E-state index in [4.69, 9.17) is 0 Å². The van der Waals surface area contributed by atoms with Crippen molar-refractivity contribution in [3.05, 3.63) is 12.2 Å². The highest BCUT2D eigenvalue weighted by Crippen LogP contribution is 2.41. The van der Waals surface area contributed by atoms with Crippen molar-refractivity contribution in [2.24, 2.45) is 0 Å². The molecule has 2 saturated heterocycles. The summed E-state index contributed by atoms with van der Waals surface area (Å²) in [6.45, 7) is 5.93. The van der Waals surface area contributed by atoms with Gasteiger partial charge in [-0.3, -0.25) is 9.69 Å². The Hall–Kier alpha value is -2.55. The van der Waals surface area contributed by atoms with Crippen LogP contribution in [0.4, 0.5) is 5.82 Å². The van der Waals surface area contributed by atoms with Gasteiger partial charge in [0, 0.05) is 38.8 Å². The van der Waals surface area contributed by atoms with Gasteiger partial charge in [-0.05, 0) is 39.0 Å². The van der Waals surface area contributed by atoms with Crippen LogP contribution in [0.5, 0.6) is 0 Å². The predicted molar refractivity (Wildman–Crippen MR) is 108 cm³/mol. The monoisotopic (exact) mass is 397 g/mol. The zero-order valence-electron chi connectivity index (χ0n) is 16.8. The number of rotatable bonds is 6.